The Morgan fingerprint density at radius 1 is 0.821 bits per heavy atom. The molecule has 0 aliphatic rings. The predicted molar refractivity (Wildman–Crippen MR) is 115 cm³/mol. The van der Waals surface area contributed by atoms with Crippen molar-refractivity contribution in [3.63, 3.8) is 0 Å². The number of alkyl halides is 10. The van der Waals surface area contributed by atoms with Gasteiger partial charge >= 0.3 is 31.7 Å². The van der Waals surface area contributed by atoms with Crippen LogP contribution in [-0.2, 0) is 45.9 Å². The molecule has 22 heteroatoms. The first-order chi connectivity index (χ1) is 17.3. The van der Waals surface area contributed by atoms with Crippen LogP contribution in [-0.4, -0.2) is 69.8 Å². The predicted octanol–water partition coefficient (Wildman–Crippen LogP) is 3.92. The standard InChI is InChI=1S/C13H24NO3Si.C4F10NO4S2/c1-12(2)9-13-7-6-8-14(10-13)11-18(15-3,16-4)17-5;5-1(6,7)3(11,12)20(16,17)15-21(18,19)4(13,14)2(8,9)10/h6-8,10,12H,9,11H2,1-5H3;/q+1;-1. The molecule has 9 nitrogen and oxygen atoms in total. The minimum Gasteiger partial charge on any atom is -0.425 e. The van der Waals surface area contributed by atoms with E-state index in [1.54, 1.807) is 21.3 Å². The SMILES string of the molecule is CO[Si](C[n+]1cccc(CC(C)C)c1)(OC)OC.O=S(=O)([N-]S(=O)(=O)C(F)(F)C(F)(F)F)C(F)(F)C(F)(F)F. The third-order valence-electron chi connectivity index (χ3n) is 4.38. The van der Waals surface area contributed by atoms with Crippen LogP contribution in [0.25, 0.3) is 4.13 Å². The second kappa shape index (κ2) is 12.9. The lowest BCUT2D eigenvalue weighted by molar-refractivity contribution is -0.685. The Morgan fingerprint density at radius 3 is 1.51 bits per heavy atom. The van der Waals surface area contributed by atoms with Crippen LogP contribution in [0.5, 0.6) is 0 Å². The number of nitrogens with zero attached hydrogens (tertiary/aromatic N) is 2. The summed E-state index contributed by atoms with van der Waals surface area (Å²) in [5.74, 6) is 0.648. The molecule has 0 atom stereocenters. The number of halogens is 10. The van der Waals surface area contributed by atoms with Crippen molar-refractivity contribution in [2.24, 2.45) is 5.92 Å². The Morgan fingerprint density at radius 2 is 1.21 bits per heavy atom. The van der Waals surface area contributed by atoms with Gasteiger partial charge in [-0.1, -0.05) is 13.8 Å². The Balaban J connectivity index is 0.000000748. The van der Waals surface area contributed by atoms with E-state index in [0.717, 1.165) is 6.42 Å². The summed E-state index contributed by atoms with van der Waals surface area (Å²) in [6.45, 7) is 4.44. The third-order valence-corrected chi connectivity index (χ3v) is 10.3. The van der Waals surface area contributed by atoms with Gasteiger partial charge in [0.1, 0.15) is 0 Å². The summed E-state index contributed by atoms with van der Waals surface area (Å²) in [5.41, 5.74) is 1.32. The summed E-state index contributed by atoms with van der Waals surface area (Å²) in [6, 6.07) is 4.20. The van der Waals surface area contributed by atoms with Gasteiger partial charge in [0, 0.05) is 33.0 Å². The van der Waals surface area contributed by atoms with E-state index < -0.39 is 51.7 Å². The molecule has 0 aliphatic heterocycles. The summed E-state index contributed by atoms with van der Waals surface area (Å²) in [5, 5.41) is -14.0. The van der Waals surface area contributed by atoms with Gasteiger partial charge in [-0.15, -0.1) is 0 Å². The van der Waals surface area contributed by atoms with Crippen LogP contribution in [0.15, 0.2) is 24.5 Å². The van der Waals surface area contributed by atoms with Gasteiger partial charge in [-0.2, -0.15) is 48.5 Å². The molecule has 1 heterocycles. The maximum absolute atomic E-state index is 12.3. The Hall–Kier alpha value is -1.59. The van der Waals surface area contributed by atoms with E-state index in [4.69, 9.17) is 13.3 Å². The second-order valence-electron chi connectivity index (χ2n) is 7.83. The zero-order chi connectivity index (χ0) is 31.3. The van der Waals surface area contributed by atoms with Crippen LogP contribution in [0.1, 0.15) is 19.4 Å². The minimum absolute atomic E-state index is 0.422. The lowest BCUT2D eigenvalue weighted by Crippen LogP contribution is -2.56. The number of hydrogen-bond donors (Lipinski definition) is 0. The molecule has 0 unspecified atom stereocenters. The van der Waals surface area contributed by atoms with Gasteiger partial charge in [-0.25, -0.2) is 16.8 Å². The fraction of sp³-hybridized carbons (Fsp3) is 0.706. The number of pyridine rings is 1. The fourth-order valence-corrected chi connectivity index (χ4v) is 6.35. The van der Waals surface area contributed by atoms with Crippen molar-refractivity contribution in [1.82, 2.24) is 0 Å². The van der Waals surface area contributed by atoms with Crippen molar-refractivity contribution < 1.29 is 78.6 Å². The van der Waals surface area contributed by atoms with Crippen LogP contribution >= 0.6 is 0 Å². The van der Waals surface area contributed by atoms with Crippen molar-refractivity contribution >= 4 is 28.9 Å². The van der Waals surface area contributed by atoms with Crippen LogP contribution in [0.4, 0.5) is 43.9 Å². The van der Waals surface area contributed by atoms with Crippen LogP contribution < -0.4 is 4.57 Å². The molecule has 0 radical (unpaired) electrons. The number of hydrogen-bond acceptors (Lipinski definition) is 7. The molecule has 39 heavy (non-hydrogen) atoms. The van der Waals surface area contributed by atoms with Gasteiger partial charge in [0.2, 0.25) is 6.17 Å². The zero-order valence-corrected chi connectivity index (χ0v) is 23.3. The van der Waals surface area contributed by atoms with E-state index in [1.165, 1.54) is 5.56 Å². The number of rotatable bonds is 11. The summed E-state index contributed by atoms with van der Waals surface area (Å²) in [7, 11) is -12.9. The van der Waals surface area contributed by atoms with E-state index in [-0.39, 0.29) is 0 Å². The number of sulfonamides is 2. The van der Waals surface area contributed by atoms with Gasteiger partial charge in [0.15, 0.2) is 32.4 Å². The van der Waals surface area contributed by atoms with Crippen molar-refractivity contribution in [3.8, 4) is 0 Å². The van der Waals surface area contributed by atoms with Gasteiger partial charge in [0.05, 0.1) is 0 Å². The molecule has 230 valence electrons. The maximum Gasteiger partial charge on any atom is 0.569 e. The second-order valence-corrected chi connectivity index (χ2v) is 14.3. The van der Waals surface area contributed by atoms with Crippen molar-refractivity contribution in [3.05, 3.63) is 34.2 Å². The highest BCUT2D eigenvalue weighted by Gasteiger charge is 2.68. The highest BCUT2D eigenvalue weighted by Crippen LogP contribution is 2.47. The van der Waals surface area contributed by atoms with E-state index >= 15 is 0 Å². The molecule has 0 N–H and O–H groups in total. The van der Waals surface area contributed by atoms with E-state index in [1.807, 2.05) is 6.20 Å². The molecule has 1 aromatic heterocycles. The summed E-state index contributed by atoms with van der Waals surface area (Å²) >= 11 is 0. The molecular formula is C17H24F10N2O7S2Si. The molecular weight excluding hydrogens is 626 g/mol. The first kappa shape index (κ1) is 37.4. The summed E-state index contributed by atoms with van der Waals surface area (Å²) < 4.78 is 179. The van der Waals surface area contributed by atoms with Gasteiger partial charge in [-0.3, -0.25) is 0 Å². The normalized spacial score (nSPS) is 14.3. The zero-order valence-electron chi connectivity index (χ0n) is 20.6. The molecule has 1 rings (SSSR count). The Bertz CT molecular complexity index is 1090. The molecule has 0 fully saturated rings. The molecule has 0 amide bonds. The molecule has 0 saturated carbocycles. The van der Waals surface area contributed by atoms with Gasteiger partial charge < -0.3 is 17.4 Å². The molecule has 0 aromatic carbocycles. The number of aromatic nitrogens is 1. The Labute approximate surface area is 218 Å². The average molecular weight is 651 g/mol. The highest BCUT2D eigenvalue weighted by atomic mass is 32.3. The van der Waals surface area contributed by atoms with E-state index in [2.05, 4.69) is 36.7 Å². The van der Waals surface area contributed by atoms with E-state index in [0.29, 0.717) is 16.2 Å². The van der Waals surface area contributed by atoms with Crippen LogP contribution in [0.2, 0.25) is 0 Å². The molecule has 0 saturated heterocycles. The Kier molecular flexibility index (Phi) is 12.4. The molecule has 0 aliphatic carbocycles. The van der Waals surface area contributed by atoms with E-state index in [9.17, 15) is 60.7 Å². The monoisotopic (exact) mass is 650 g/mol. The summed E-state index contributed by atoms with van der Waals surface area (Å²) in [4.78, 5) is 0. The average Bonchev–Trinajstić information content (AvgIpc) is 2.75. The lowest BCUT2D eigenvalue weighted by atomic mass is 10.1. The quantitative estimate of drug-likeness (QED) is 0.203. The molecule has 0 bridgehead atoms. The van der Waals surface area contributed by atoms with Gasteiger partial charge in [0.25, 0.3) is 0 Å². The summed E-state index contributed by atoms with van der Waals surface area (Å²) in [6.07, 6.45) is -8.15. The molecule has 1 aromatic rings. The first-order valence-electron chi connectivity index (χ1n) is 10.0. The largest absolute Gasteiger partial charge is 0.569 e. The van der Waals surface area contributed by atoms with Crippen LogP contribution in [0.3, 0.4) is 0 Å². The third kappa shape index (κ3) is 9.21. The highest BCUT2D eigenvalue weighted by molar-refractivity contribution is 8.13. The maximum atomic E-state index is 12.3. The van der Waals surface area contributed by atoms with Crippen molar-refractivity contribution in [1.29, 1.82) is 0 Å². The van der Waals surface area contributed by atoms with Crippen molar-refractivity contribution in [2.45, 2.75) is 49.3 Å². The van der Waals surface area contributed by atoms with Crippen molar-refractivity contribution in [2.75, 3.05) is 21.3 Å². The fourth-order valence-electron chi connectivity index (χ4n) is 2.45. The van der Waals surface area contributed by atoms with Crippen LogP contribution in [0, 0.1) is 5.92 Å². The lowest BCUT2D eigenvalue weighted by Gasteiger charge is -2.31. The minimum atomic E-state index is -7.62. The smallest absolute Gasteiger partial charge is 0.425 e. The topological polar surface area (TPSA) is 114 Å². The molecule has 0 spiro atoms. The first-order valence-corrected chi connectivity index (χ1v) is 14.8. The van der Waals surface area contributed by atoms with Gasteiger partial charge in [-0.05, 0) is 18.4 Å².